The fraction of sp³-hybridized carbons (Fsp3) is 1.00. The number of hydrogen-bond donors (Lipinski definition) is 1. The van der Waals surface area contributed by atoms with Crippen LogP contribution in [0.15, 0.2) is 0 Å². The molecule has 1 heterocycles. The van der Waals surface area contributed by atoms with Gasteiger partial charge < -0.3 is 24.2 Å². The van der Waals surface area contributed by atoms with Gasteiger partial charge in [-0.25, -0.2) is 0 Å². The Hall–Kier alpha value is -0.200. The third-order valence-corrected chi connectivity index (χ3v) is 4.10. The molecule has 1 saturated heterocycles. The van der Waals surface area contributed by atoms with Crippen molar-refractivity contribution in [1.82, 2.24) is 4.90 Å². The van der Waals surface area contributed by atoms with Gasteiger partial charge >= 0.3 is 0 Å². The van der Waals surface area contributed by atoms with Crippen LogP contribution in [0.25, 0.3) is 0 Å². The Kier molecular flexibility index (Phi) is 7.07. The summed E-state index contributed by atoms with van der Waals surface area (Å²) in [4.78, 5) is 2.17. The van der Waals surface area contributed by atoms with Crippen LogP contribution in [0.5, 0.6) is 0 Å². The van der Waals surface area contributed by atoms with Gasteiger partial charge in [-0.3, -0.25) is 0 Å². The highest BCUT2D eigenvalue weighted by molar-refractivity contribution is 4.88. The number of nitrogens with zero attached hydrogens (tertiary/aromatic N) is 1. The van der Waals surface area contributed by atoms with Crippen molar-refractivity contribution in [1.29, 1.82) is 0 Å². The van der Waals surface area contributed by atoms with Crippen molar-refractivity contribution >= 4 is 0 Å². The van der Waals surface area contributed by atoms with E-state index in [1.54, 1.807) is 13.8 Å². The Morgan fingerprint density at radius 3 is 2.48 bits per heavy atom. The largest absolute Gasteiger partial charge is 0.388 e. The lowest BCUT2D eigenvalue weighted by Gasteiger charge is -2.44. The second-order valence-corrected chi connectivity index (χ2v) is 6.85. The molecule has 0 radical (unpaired) electrons. The number of ether oxygens (including phenoxy) is 3. The first-order valence-corrected chi connectivity index (χ1v) is 7.98. The van der Waals surface area contributed by atoms with Gasteiger partial charge in [-0.1, -0.05) is 6.92 Å². The van der Waals surface area contributed by atoms with Gasteiger partial charge in [0.05, 0.1) is 17.8 Å². The summed E-state index contributed by atoms with van der Waals surface area (Å²) in [7, 11) is 4.11. The molecule has 1 fully saturated rings. The average molecular weight is 303 g/mol. The van der Waals surface area contributed by atoms with Crippen molar-refractivity contribution in [3.8, 4) is 0 Å². The molecule has 0 amide bonds. The van der Waals surface area contributed by atoms with Gasteiger partial charge in [0.2, 0.25) is 0 Å². The second kappa shape index (κ2) is 7.88. The van der Waals surface area contributed by atoms with Crippen LogP contribution in [-0.2, 0) is 14.2 Å². The van der Waals surface area contributed by atoms with Crippen LogP contribution >= 0.6 is 0 Å². The molecule has 5 atom stereocenters. The molecule has 126 valence electrons. The normalized spacial score (nSPS) is 32.4. The zero-order chi connectivity index (χ0) is 16.2. The Balaban J connectivity index is 2.83. The number of rotatable bonds is 7. The van der Waals surface area contributed by atoms with Crippen molar-refractivity contribution in [2.75, 3.05) is 20.7 Å². The lowest BCUT2D eigenvalue weighted by molar-refractivity contribution is -0.290. The van der Waals surface area contributed by atoms with E-state index in [4.69, 9.17) is 14.2 Å². The molecule has 1 N–H and O–H groups in total. The smallest absolute Gasteiger partial charge is 0.185 e. The molecule has 5 nitrogen and oxygen atoms in total. The highest BCUT2D eigenvalue weighted by Crippen LogP contribution is 2.28. The molecule has 1 aliphatic rings. The highest BCUT2D eigenvalue weighted by Gasteiger charge is 2.42. The Morgan fingerprint density at radius 2 is 2.00 bits per heavy atom. The lowest BCUT2D eigenvalue weighted by atomic mass is 9.98. The molecular weight excluding hydrogens is 270 g/mol. The van der Waals surface area contributed by atoms with E-state index in [2.05, 4.69) is 32.8 Å². The minimum atomic E-state index is -0.910. The quantitative estimate of drug-likeness (QED) is 0.780. The standard InChI is InChI=1S/C16H33NO4/c1-8-9-19-14-13(17(6)7)10-11(2)20-15(14)21-12(3)16(4,5)18/h11-15,18H,8-10H2,1-7H3. The molecule has 5 heteroatoms. The molecule has 0 bridgehead atoms. The third-order valence-electron chi connectivity index (χ3n) is 4.10. The highest BCUT2D eigenvalue weighted by atomic mass is 16.7. The monoisotopic (exact) mass is 303 g/mol. The van der Waals surface area contributed by atoms with Crippen molar-refractivity contribution in [3.63, 3.8) is 0 Å². The molecule has 0 spiro atoms. The maximum atomic E-state index is 10.1. The minimum absolute atomic E-state index is 0.109. The summed E-state index contributed by atoms with van der Waals surface area (Å²) in [6.07, 6.45) is 1.06. The Labute approximate surface area is 129 Å². The van der Waals surface area contributed by atoms with E-state index in [1.807, 2.05) is 6.92 Å². The van der Waals surface area contributed by atoms with Crippen molar-refractivity contribution in [3.05, 3.63) is 0 Å². The lowest BCUT2D eigenvalue weighted by Crippen LogP contribution is -2.57. The molecule has 0 aromatic heterocycles. The molecule has 0 aromatic rings. The van der Waals surface area contributed by atoms with E-state index >= 15 is 0 Å². The van der Waals surface area contributed by atoms with Crippen molar-refractivity contribution in [2.24, 2.45) is 0 Å². The summed E-state index contributed by atoms with van der Waals surface area (Å²) in [5, 5.41) is 10.1. The maximum absolute atomic E-state index is 10.1. The summed E-state index contributed by atoms with van der Waals surface area (Å²) in [6.45, 7) is 10.2. The molecule has 0 saturated carbocycles. The summed E-state index contributed by atoms with van der Waals surface area (Å²) < 4.78 is 18.0. The van der Waals surface area contributed by atoms with E-state index in [1.165, 1.54) is 0 Å². The fourth-order valence-corrected chi connectivity index (χ4v) is 2.44. The molecule has 21 heavy (non-hydrogen) atoms. The summed E-state index contributed by atoms with van der Waals surface area (Å²) in [5.74, 6) is 0. The molecule has 1 aliphatic heterocycles. The van der Waals surface area contributed by atoms with Crippen molar-refractivity contribution < 1.29 is 19.3 Å². The Bertz CT molecular complexity index is 303. The third kappa shape index (κ3) is 5.49. The SMILES string of the molecule is CCCOC1C(OC(C)C(C)(C)O)OC(C)CC1N(C)C. The van der Waals surface area contributed by atoms with Gasteiger partial charge in [-0.05, 0) is 54.6 Å². The first-order chi connectivity index (χ1) is 9.66. The van der Waals surface area contributed by atoms with Crippen molar-refractivity contribution in [2.45, 2.75) is 83.7 Å². The van der Waals surface area contributed by atoms with E-state index in [9.17, 15) is 5.11 Å². The van der Waals surface area contributed by atoms with Crippen LogP contribution in [0.3, 0.4) is 0 Å². The molecular formula is C16H33NO4. The number of likely N-dealkylation sites (N-methyl/N-ethyl adjacent to an activating group) is 1. The van der Waals surface area contributed by atoms with Gasteiger partial charge in [0, 0.05) is 12.6 Å². The number of hydrogen-bond acceptors (Lipinski definition) is 5. The first-order valence-electron chi connectivity index (χ1n) is 7.98. The fourth-order valence-electron chi connectivity index (χ4n) is 2.44. The molecule has 1 rings (SSSR count). The summed E-state index contributed by atoms with van der Waals surface area (Å²) in [5.41, 5.74) is -0.910. The zero-order valence-electron chi connectivity index (χ0n) is 14.6. The van der Waals surface area contributed by atoms with E-state index < -0.39 is 11.9 Å². The topological polar surface area (TPSA) is 51.2 Å². The predicted molar refractivity (Wildman–Crippen MR) is 83.3 cm³/mol. The van der Waals surface area contributed by atoms with Crippen LogP contribution in [-0.4, -0.2) is 67.0 Å². The van der Waals surface area contributed by atoms with Crippen LogP contribution in [0.2, 0.25) is 0 Å². The van der Waals surface area contributed by atoms with E-state index in [0.717, 1.165) is 12.8 Å². The molecule has 0 aromatic carbocycles. The minimum Gasteiger partial charge on any atom is -0.388 e. The zero-order valence-corrected chi connectivity index (χ0v) is 14.6. The predicted octanol–water partition coefficient (Wildman–Crippen LogP) is 2.02. The van der Waals surface area contributed by atoms with Crippen LogP contribution in [0.1, 0.15) is 47.5 Å². The molecule has 5 unspecified atom stereocenters. The first kappa shape index (κ1) is 18.8. The van der Waals surface area contributed by atoms with Gasteiger partial charge in [0.25, 0.3) is 0 Å². The van der Waals surface area contributed by atoms with Crippen LogP contribution < -0.4 is 0 Å². The van der Waals surface area contributed by atoms with Gasteiger partial charge in [0.15, 0.2) is 6.29 Å². The summed E-state index contributed by atoms with van der Waals surface area (Å²) in [6, 6.07) is 0.249. The van der Waals surface area contributed by atoms with Gasteiger partial charge in [-0.2, -0.15) is 0 Å². The summed E-state index contributed by atoms with van der Waals surface area (Å²) >= 11 is 0. The second-order valence-electron chi connectivity index (χ2n) is 6.85. The molecule has 0 aliphatic carbocycles. The van der Waals surface area contributed by atoms with Crippen LogP contribution in [0.4, 0.5) is 0 Å². The number of aliphatic hydroxyl groups is 1. The maximum Gasteiger partial charge on any atom is 0.185 e. The van der Waals surface area contributed by atoms with Gasteiger partial charge in [0.1, 0.15) is 6.10 Å². The van der Waals surface area contributed by atoms with E-state index in [0.29, 0.717) is 6.61 Å². The van der Waals surface area contributed by atoms with Crippen LogP contribution in [0, 0.1) is 0 Å². The van der Waals surface area contributed by atoms with Gasteiger partial charge in [-0.15, -0.1) is 0 Å². The average Bonchev–Trinajstić information content (AvgIpc) is 2.35. The Morgan fingerprint density at radius 1 is 1.38 bits per heavy atom. The van der Waals surface area contributed by atoms with E-state index in [-0.39, 0.29) is 24.4 Å².